The van der Waals surface area contributed by atoms with Crippen LogP contribution >= 0.6 is 0 Å². The summed E-state index contributed by atoms with van der Waals surface area (Å²) in [6.07, 6.45) is -3.32. The minimum Gasteiger partial charge on any atom is -0.542 e. The molecule has 1 saturated heterocycles. The van der Waals surface area contributed by atoms with Crippen molar-refractivity contribution in [1.82, 2.24) is 5.32 Å². The van der Waals surface area contributed by atoms with Gasteiger partial charge in [0.1, 0.15) is 12.0 Å². The Morgan fingerprint density at radius 2 is 1.88 bits per heavy atom. The van der Waals surface area contributed by atoms with Crippen molar-refractivity contribution in [2.24, 2.45) is 5.92 Å². The molecule has 100 valence electrons. The van der Waals surface area contributed by atoms with E-state index in [0.29, 0.717) is 5.92 Å². The smallest absolute Gasteiger partial charge is 0.430 e. The second-order valence-electron chi connectivity index (χ2n) is 3.76. The maximum atomic E-state index is 10.5. The summed E-state index contributed by atoms with van der Waals surface area (Å²) in [5.41, 5.74) is 0. The van der Waals surface area contributed by atoms with Gasteiger partial charge in [0.25, 0.3) is 0 Å². The number of halogens is 3. The van der Waals surface area contributed by atoms with Gasteiger partial charge >= 0.3 is 12.1 Å². The third-order valence-electron chi connectivity index (χ3n) is 2.20. The van der Waals surface area contributed by atoms with E-state index in [9.17, 15) is 18.0 Å². The number of alkyl halides is 3. The minimum atomic E-state index is -5.19. The van der Waals surface area contributed by atoms with Crippen LogP contribution in [-0.2, 0) is 9.59 Å². The summed E-state index contributed by atoms with van der Waals surface area (Å²) in [6.45, 7) is 2.94. The Bertz CT molecular complexity index is 280. The molecule has 0 bridgehead atoms. The number of rotatable bonds is 1. The zero-order valence-corrected chi connectivity index (χ0v) is 9.08. The highest BCUT2D eigenvalue weighted by Gasteiger charge is 2.28. The molecule has 0 amide bonds. The number of carbonyl (C=O) groups is 2. The zero-order chi connectivity index (χ0) is 13.6. The Labute approximate surface area is 95.6 Å². The second kappa shape index (κ2) is 6.43. The van der Waals surface area contributed by atoms with Gasteiger partial charge in [-0.1, -0.05) is 6.92 Å². The molecule has 0 aromatic carbocycles. The Balaban J connectivity index is 0.000000325. The van der Waals surface area contributed by atoms with E-state index >= 15 is 0 Å². The van der Waals surface area contributed by atoms with E-state index in [2.05, 4.69) is 12.2 Å². The Kier molecular flexibility index (Phi) is 5.94. The first-order valence-electron chi connectivity index (χ1n) is 4.89. The van der Waals surface area contributed by atoms with Gasteiger partial charge in [-0.05, 0) is 25.3 Å². The fourth-order valence-corrected chi connectivity index (χ4v) is 1.30. The van der Waals surface area contributed by atoms with E-state index in [4.69, 9.17) is 15.0 Å². The van der Waals surface area contributed by atoms with Gasteiger partial charge in [-0.2, -0.15) is 13.2 Å². The van der Waals surface area contributed by atoms with Gasteiger partial charge in [0.2, 0.25) is 0 Å². The molecule has 0 radical (unpaired) electrons. The van der Waals surface area contributed by atoms with Crippen LogP contribution in [0.5, 0.6) is 0 Å². The van der Waals surface area contributed by atoms with Crippen LogP contribution in [0.15, 0.2) is 0 Å². The topological polar surface area (TPSA) is 89.5 Å². The molecule has 2 atom stereocenters. The van der Waals surface area contributed by atoms with Crippen LogP contribution in [0.4, 0.5) is 13.2 Å². The predicted octanol–water partition coefficient (Wildman–Crippen LogP) is -0.242. The van der Waals surface area contributed by atoms with Crippen LogP contribution in [0, 0.1) is 5.92 Å². The number of carboxylic acid groups (broad SMARTS) is 2. The van der Waals surface area contributed by atoms with Crippen LogP contribution in [0.2, 0.25) is 0 Å². The molecule has 8 heteroatoms. The van der Waals surface area contributed by atoms with Crippen molar-refractivity contribution >= 4 is 11.9 Å². The molecule has 2 N–H and O–H groups in total. The van der Waals surface area contributed by atoms with Crippen LogP contribution in [-0.4, -0.2) is 35.8 Å². The van der Waals surface area contributed by atoms with Crippen molar-refractivity contribution < 1.29 is 33.0 Å². The van der Waals surface area contributed by atoms with Crippen molar-refractivity contribution in [3.63, 3.8) is 0 Å². The number of hydrogen-bond acceptors (Lipinski definition) is 4. The molecule has 0 aliphatic carbocycles. The lowest BCUT2D eigenvalue weighted by Gasteiger charge is -2.24. The number of carbonyl (C=O) groups excluding carboxylic acids is 1. The first-order valence-corrected chi connectivity index (χ1v) is 4.89. The van der Waals surface area contributed by atoms with Gasteiger partial charge in [-0.25, -0.2) is 0 Å². The molecule has 0 spiro atoms. The van der Waals surface area contributed by atoms with Crippen LogP contribution in [0.25, 0.3) is 0 Å². The maximum Gasteiger partial charge on any atom is 0.430 e. The van der Waals surface area contributed by atoms with E-state index < -0.39 is 18.1 Å². The number of carboxylic acids is 2. The highest BCUT2D eigenvalue weighted by Crippen LogP contribution is 2.14. The van der Waals surface area contributed by atoms with Crippen molar-refractivity contribution in [2.75, 3.05) is 6.54 Å². The quantitative estimate of drug-likeness (QED) is 0.675. The average Bonchev–Trinajstić information content (AvgIpc) is 2.17. The summed E-state index contributed by atoms with van der Waals surface area (Å²) in [5.74, 6) is -3.17. The summed E-state index contributed by atoms with van der Waals surface area (Å²) in [5, 5.41) is 20.3. The van der Waals surface area contributed by atoms with Gasteiger partial charge in [-0.15, -0.1) is 0 Å². The Hall–Kier alpha value is -1.31. The lowest BCUT2D eigenvalue weighted by molar-refractivity contribution is -0.344. The van der Waals surface area contributed by atoms with E-state index in [0.717, 1.165) is 19.4 Å². The zero-order valence-electron chi connectivity index (χ0n) is 9.08. The number of piperidine rings is 1. The number of aliphatic carboxylic acids is 2. The summed E-state index contributed by atoms with van der Waals surface area (Å²) in [6, 6.07) is -0.302. The van der Waals surface area contributed by atoms with Gasteiger partial charge in [0, 0.05) is 0 Å². The standard InChI is InChI=1S/C7H13NO2.C2HF3O2/c1-5-2-3-8-6(4-5)7(9)10;3-2(4,5)1(6)7/h5-6,8H,2-4H2,1H3,(H,9,10);(H,6,7)/p-1/t5-,6+;/m0./s1. The first-order chi connectivity index (χ1) is 7.64. The van der Waals surface area contributed by atoms with E-state index in [1.165, 1.54) is 0 Å². The summed E-state index contributed by atoms with van der Waals surface area (Å²) < 4.78 is 31.5. The third-order valence-corrected chi connectivity index (χ3v) is 2.20. The van der Waals surface area contributed by atoms with Gasteiger partial charge in [0.05, 0.1) is 0 Å². The van der Waals surface area contributed by atoms with Crippen molar-refractivity contribution in [2.45, 2.75) is 32.0 Å². The van der Waals surface area contributed by atoms with Crippen molar-refractivity contribution in [1.29, 1.82) is 0 Å². The molecule has 17 heavy (non-hydrogen) atoms. The monoisotopic (exact) mass is 256 g/mol. The molecule has 0 saturated carbocycles. The highest BCUT2D eigenvalue weighted by atomic mass is 19.4. The molecule has 1 fully saturated rings. The number of nitrogens with one attached hydrogen (secondary N) is 1. The summed E-state index contributed by atoms with van der Waals surface area (Å²) in [7, 11) is 0. The van der Waals surface area contributed by atoms with Crippen molar-refractivity contribution in [3.8, 4) is 0 Å². The molecule has 0 unspecified atom stereocenters. The first kappa shape index (κ1) is 15.7. The average molecular weight is 256 g/mol. The Morgan fingerprint density at radius 3 is 2.12 bits per heavy atom. The molecular weight excluding hydrogens is 243 g/mol. The molecular formula is C9H13F3NO4-. The van der Waals surface area contributed by atoms with E-state index in [-0.39, 0.29) is 6.04 Å². The molecule has 1 rings (SSSR count). The molecule has 5 nitrogen and oxygen atoms in total. The summed E-state index contributed by atoms with van der Waals surface area (Å²) in [4.78, 5) is 19.2. The predicted molar refractivity (Wildman–Crippen MR) is 48.9 cm³/mol. The minimum absolute atomic E-state index is 0.302. The lowest BCUT2D eigenvalue weighted by atomic mass is 9.94. The molecule has 1 aliphatic rings. The fourth-order valence-electron chi connectivity index (χ4n) is 1.30. The third kappa shape index (κ3) is 6.77. The number of hydrogen-bond donors (Lipinski definition) is 2. The maximum absolute atomic E-state index is 10.5. The molecule has 0 aromatic rings. The largest absolute Gasteiger partial charge is 0.542 e. The second-order valence-corrected chi connectivity index (χ2v) is 3.76. The SMILES string of the molecule is C[C@H]1CCN[C@@H](C(=O)O)C1.O=C([O-])C(F)(F)F. The highest BCUT2D eigenvalue weighted by molar-refractivity contribution is 5.73. The van der Waals surface area contributed by atoms with Crippen molar-refractivity contribution in [3.05, 3.63) is 0 Å². The fraction of sp³-hybridized carbons (Fsp3) is 0.778. The van der Waals surface area contributed by atoms with Crippen LogP contribution in [0.3, 0.4) is 0 Å². The molecule has 1 aliphatic heterocycles. The Morgan fingerprint density at radius 1 is 1.41 bits per heavy atom. The van der Waals surface area contributed by atoms with E-state index in [1.807, 2.05) is 0 Å². The van der Waals surface area contributed by atoms with Crippen LogP contribution in [0.1, 0.15) is 19.8 Å². The van der Waals surface area contributed by atoms with Gasteiger partial charge in [-0.3, -0.25) is 4.79 Å². The van der Waals surface area contributed by atoms with E-state index in [1.54, 1.807) is 0 Å². The normalized spacial score (nSPS) is 24.5. The molecule has 1 heterocycles. The molecule has 0 aromatic heterocycles. The van der Waals surface area contributed by atoms with Gasteiger partial charge < -0.3 is 20.3 Å². The summed E-state index contributed by atoms with van der Waals surface area (Å²) >= 11 is 0. The van der Waals surface area contributed by atoms with Crippen LogP contribution < -0.4 is 10.4 Å². The lowest BCUT2D eigenvalue weighted by Crippen LogP contribution is -2.42. The van der Waals surface area contributed by atoms with Gasteiger partial charge in [0.15, 0.2) is 0 Å².